The molecule has 23 heavy (non-hydrogen) atoms. The number of unbranched alkanes of at least 4 members (excludes halogenated alkanes) is 2. The van der Waals surface area contributed by atoms with E-state index in [4.69, 9.17) is 10.4 Å². The topological polar surface area (TPSA) is 43.4 Å². The third kappa shape index (κ3) is 2.68. The highest BCUT2D eigenvalue weighted by atomic mass is 15.5. The van der Waals surface area contributed by atoms with Gasteiger partial charge >= 0.3 is 0 Å². The van der Waals surface area contributed by atoms with Crippen LogP contribution in [0.4, 0.5) is 0 Å². The van der Waals surface area contributed by atoms with Gasteiger partial charge in [-0.05, 0) is 12.8 Å². The Hall–Kier alpha value is -1.72. The van der Waals surface area contributed by atoms with Crippen molar-refractivity contribution in [3.8, 4) is 0 Å². The molecule has 0 fully saturated rings. The van der Waals surface area contributed by atoms with Crippen molar-refractivity contribution in [1.29, 1.82) is 0 Å². The van der Waals surface area contributed by atoms with Gasteiger partial charge in [-0.25, -0.2) is 0 Å². The van der Waals surface area contributed by atoms with E-state index in [2.05, 4.69) is 45.0 Å². The first kappa shape index (κ1) is 14.8. The number of fused-ring (bicyclic) bond motifs is 2. The Kier molecular flexibility index (Phi) is 3.70. The number of aryl methyl sites for hydroxylation is 2. The summed E-state index contributed by atoms with van der Waals surface area (Å²) >= 11 is 0. The van der Waals surface area contributed by atoms with Gasteiger partial charge in [-0.1, -0.05) is 26.7 Å². The Morgan fingerprint density at radius 3 is 1.78 bits per heavy atom. The standard InChI is InChI=1S/C17H28N6/c1-3-5-7-20-11-15-9-17(13-22(15)18-20)10-16-12-21(8-6-4-2)19-23(16)14-17/h11-12H,3-10,13-14H2,1-2H3/q+2. The lowest BCUT2D eigenvalue weighted by Gasteiger charge is -2.14. The summed E-state index contributed by atoms with van der Waals surface area (Å²) in [6, 6.07) is 0. The molecular weight excluding hydrogens is 288 g/mol. The van der Waals surface area contributed by atoms with Crippen LogP contribution in [0.2, 0.25) is 0 Å². The zero-order valence-corrected chi connectivity index (χ0v) is 14.4. The summed E-state index contributed by atoms with van der Waals surface area (Å²) in [7, 11) is 0. The highest BCUT2D eigenvalue weighted by Crippen LogP contribution is 2.40. The summed E-state index contributed by atoms with van der Waals surface area (Å²) in [5.41, 5.74) is 3.11. The average Bonchev–Trinajstić information content (AvgIpc) is 3.21. The summed E-state index contributed by atoms with van der Waals surface area (Å²) in [5, 5.41) is 9.50. The summed E-state index contributed by atoms with van der Waals surface area (Å²) < 4.78 is 8.70. The van der Waals surface area contributed by atoms with E-state index in [1.165, 1.54) is 37.1 Å². The molecule has 0 bridgehead atoms. The molecule has 1 spiro atoms. The second kappa shape index (κ2) is 5.73. The van der Waals surface area contributed by atoms with Gasteiger partial charge in [0.2, 0.25) is 0 Å². The zero-order valence-electron chi connectivity index (χ0n) is 14.4. The van der Waals surface area contributed by atoms with Gasteiger partial charge in [0.1, 0.15) is 26.2 Å². The monoisotopic (exact) mass is 316 g/mol. The van der Waals surface area contributed by atoms with Gasteiger partial charge < -0.3 is 0 Å². The summed E-state index contributed by atoms with van der Waals surface area (Å²) in [4.78, 5) is 0. The fourth-order valence-corrected chi connectivity index (χ4v) is 4.06. The van der Waals surface area contributed by atoms with Gasteiger partial charge in [-0.2, -0.15) is 0 Å². The van der Waals surface area contributed by atoms with E-state index >= 15 is 0 Å². The van der Waals surface area contributed by atoms with Crippen LogP contribution < -0.4 is 9.36 Å². The van der Waals surface area contributed by atoms with Crippen LogP contribution in [0.3, 0.4) is 0 Å². The Labute approximate surface area is 137 Å². The van der Waals surface area contributed by atoms with E-state index in [0.29, 0.717) is 5.41 Å². The first-order valence-electron chi connectivity index (χ1n) is 9.14. The average molecular weight is 316 g/mol. The second-order valence-electron chi connectivity index (χ2n) is 7.42. The number of hydrogen-bond donors (Lipinski definition) is 0. The molecule has 4 rings (SSSR count). The fourth-order valence-electron chi connectivity index (χ4n) is 4.06. The smallest absolute Gasteiger partial charge is 0.137 e. The molecule has 0 saturated carbocycles. The van der Waals surface area contributed by atoms with Gasteiger partial charge in [0, 0.05) is 12.8 Å². The first-order valence-corrected chi connectivity index (χ1v) is 9.14. The summed E-state index contributed by atoms with van der Waals surface area (Å²) in [5.74, 6) is 0. The third-order valence-corrected chi connectivity index (χ3v) is 5.27. The normalized spacial score (nSPS) is 17.8. The molecule has 0 aromatic carbocycles. The molecular formula is C17H28N6+2. The van der Waals surface area contributed by atoms with Crippen molar-refractivity contribution in [3.63, 3.8) is 0 Å². The summed E-state index contributed by atoms with van der Waals surface area (Å²) in [6.45, 7) is 8.63. The van der Waals surface area contributed by atoms with Crippen LogP contribution in [0, 0.1) is 5.41 Å². The molecule has 0 N–H and O–H groups in total. The number of nitrogens with zero attached hydrogens (tertiary/aromatic N) is 6. The largest absolute Gasteiger partial charge is 0.168 e. The number of hydrogen-bond acceptors (Lipinski definition) is 2. The van der Waals surface area contributed by atoms with E-state index in [9.17, 15) is 0 Å². The third-order valence-electron chi connectivity index (χ3n) is 5.27. The van der Waals surface area contributed by atoms with Crippen molar-refractivity contribution in [3.05, 3.63) is 23.8 Å². The lowest BCUT2D eigenvalue weighted by Crippen LogP contribution is -2.39. The van der Waals surface area contributed by atoms with E-state index in [1.807, 2.05) is 0 Å². The number of rotatable bonds is 6. The molecule has 0 unspecified atom stereocenters. The maximum Gasteiger partial charge on any atom is 0.168 e. The Morgan fingerprint density at radius 1 is 0.913 bits per heavy atom. The van der Waals surface area contributed by atoms with Gasteiger partial charge in [0.15, 0.2) is 23.8 Å². The molecule has 2 aliphatic heterocycles. The lowest BCUT2D eigenvalue weighted by atomic mass is 9.84. The number of aromatic nitrogens is 6. The Bertz CT molecular complexity index is 587. The van der Waals surface area contributed by atoms with Crippen LogP contribution in [0.25, 0.3) is 0 Å². The molecule has 124 valence electrons. The van der Waals surface area contributed by atoms with Crippen LogP contribution >= 0.6 is 0 Å². The van der Waals surface area contributed by atoms with Crippen molar-refractivity contribution in [2.75, 3.05) is 0 Å². The summed E-state index contributed by atoms with van der Waals surface area (Å²) in [6.07, 6.45) is 11.6. The van der Waals surface area contributed by atoms with Crippen molar-refractivity contribution in [2.45, 2.75) is 78.6 Å². The first-order chi connectivity index (χ1) is 11.2. The van der Waals surface area contributed by atoms with Crippen molar-refractivity contribution >= 4 is 0 Å². The molecule has 0 atom stereocenters. The molecule has 2 aliphatic rings. The molecule has 0 radical (unpaired) electrons. The molecule has 0 saturated heterocycles. The molecule has 6 heteroatoms. The highest BCUT2D eigenvalue weighted by Gasteiger charge is 2.51. The molecule has 0 aliphatic carbocycles. The maximum absolute atomic E-state index is 4.75. The van der Waals surface area contributed by atoms with Crippen LogP contribution in [0.1, 0.15) is 50.9 Å². The second-order valence-corrected chi connectivity index (χ2v) is 7.42. The van der Waals surface area contributed by atoms with Gasteiger partial charge in [-0.15, -0.1) is 18.7 Å². The molecule has 2 aromatic heterocycles. The van der Waals surface area contributed by atoms with Crippen molar-refractivity contribution < 1.29 is 9.36 Å². The van der Waals surface area contributed by atoms with E-state index in [-0.39, 0.29) is 0 Å². The van der Waals surface area contributed by atoms with E-state index < -0.39 is 0 Å². The molecule has 0 amide bonds. The van der Waals surface area contributed by atoms with Crippen molar-refractivity contribution in [2.24, 2.45) is 5.41 Å². The Balaban J connectivity index is 1.43. The van der Waals surface area contributed by atoms with Crippen LogP contribution in [-0.2, 0) is 39.0 Å². The van der Waals surface area contributed by atoms with Crippen LogP contribution in [0.15, 0.2) is 12.4 Å². The molecule has 4 heterocycles. The fraction of sp³-hybridized carbons (Fsp3) is 0.765. The van der Waals surface area contributed by atoms with E-state index in [0.717, 1.165) is 39.0 Å². The van der Waals surface area contributed by atoms with Gasteiger partial charge in [0.05, 0.1) is 15.8 Å². The van der Waals surface area contributed by atoms with Crippen LogP contribution in [-0.4, -0.2) is 19.8 Å². The highest BCUT2D eigenvalue weighted by molar-refractivity contribution is 5.13. The minimum absolute atomic E-state index is 0.318. The van der Waals surface area contributed by atoms with E-state index in [1.54, 1.807) is 0 Å². The predicted molar refractivity (Wildman–Crippen MR) is 84.5 cm³/mol. The lowest BCUT2D eigenvalue weighted by molar-refractivity contribution is -0.756. The molecule has 6 nitrogen and oxygen atoms in total. The minimum atomic E-state index is 0.318. The predicted octanol–water partition coefficient (Wildman–Crippen LogP) is 1.05. The van der Waals surface area contributed by atoms with Crippen LogP contribution in [0.5, 0.6) is 0 Å². The van der Waals surface area contributed by atoms with Crippen molar-refractivity contribution in [1.82, 2.24) is 19.8 Å². The Morgan fingerprint density at radius 2 is 1.39 bits per heavy atom. The minimum Gasteiger partial charge on any atom is -0.137 e. The van der Waals surface area contributed by atoms with Gasteiger partial charge in [0.25, 0.3) is 0 Å². The quantitative estimate of drug-likeness (QED) is 0.748. The SMILES string of the molecule is CCCC[n+]1cc2n(n1)CC1(C2)Cc2c[n+](CCCC)nn2C1. The molecule has 2 aromatic rings. The zero-order chi connectivity index (χ0) is 15.9. The maximum atomic E-state index is 4.75. The van der Waals surface area contributed by atoms with Gasteiger partial charge in [-0.3, -0.25) is 0 Å².